The van der Waals surface area contributed by atoms with E-state index in [1.807, 2.05) is 40.4 Å². The van der Waals surface area contributed by atoms with Crippen molar-refractivity contribution in [2.75, 3.05) is 120 Å². The third-order valence-electron chi connectivity index (χ3n) is 14.2. The Morgan fingerprint density at radius 3 is 1.83 bits per heavy atom. The minimum Gasteiger partial charge on any atom is -1.00 e. The SMILES string of the molecule is C#CCOCCOCCOCCNc1nc(N2CCN(C(=O)C(CCCCN)n3cc(C(N)C(C)CC)nn3)CC2)nc(N2CCN(C(=O)C(Cc3cc4ccccc4[nH]3)n3cc(C(N)C(C)CC)nn3)CC2)n1.[Cl-]. The summed E-state index contributed by atoms with van der Waals surface area (Å²) in [6, 6.07) is 8.38. The Bertz CT molecular complexity index is 2520. The molecule has 0 spiro atoms. The van der Waals surface area contributed by atoms with Crippen molar-refractivity contribution >= 4 is 40.6 Å². The van der Waals surface area contributed by atoms with Crippen LogP contribution in [-0.2, 0) is 30.2 Å². The molecule has 7 rings (SSSR count). The zero-order valence-corrected chi connectivity index (χ0v) is 44.9. The monoisotopic (exact) mass is 1060 g/mol. The maximum Gasteiger partial charge on any atom is 0.248 e. The first kappa shape index (κ1) is 58.3. The minimum absolute atomic E-state index is 0. The van der Waals surface area contributed by atoms with Crippen LogP contribution in [0, 0.1) is 24.2 Å². The number of piperazine rings is 2. The number of rotatable bonds is 29. The highest BCUT2D eigenvalue weighted by Gasteiger charge is 2.34. The Labute approximate surface area is 446 Å². The number of para-hydroxylation sites is 1. The molecule has 2 fully saturated rings. The van der Waals surface area contributed by atoms with Gasteiger partial charge in [0.1, 0.15) is 18.7 Å². The van der Waals surface area contributed by atoms with Gasteiger partial charge in [0.25, 0.3) is 0 Å². The van der Waals surface area contributed by atoms with Crippen LogP contribution in [0.4, 0.5) is 17.8 Å². The molecule has 1 aromatic carbocycles. The summed E-state index contributed by atoms with van der Waals surface area (Å²) >= 11 is 0. The topological polar surface area (TPSA) is 281 Å². The number of carbonyl (C=O) groups is 2. The average molecular weight is 1060 g/mol. The standard InChI is InChI=1S/C51H78N18O5.ClH/c1-6-26-72-28-30-74-31-29-73-27-17-55-49-57-50(66-22-18-64(19-23-66)47(70)43(15-11-12-16-52)68-34-41(60-62-68)45(53)36(4)7-2)59-51(58-49)67-24-20-65(21-25-67)48(71)44(33-39-32-38-13-9-10-14-40(38)56-39)69-35-42(61-63-69)46(54)37(5)8-3;/h1,9-10,13-14,32,34-37,43-46,56H,7-8,11-12,15-31,33,52-54H2,2-5H3,(H,55,57,58,59);1H/p-1. The van der Waals surface area contributed by atoms with Crippen LogP contribution in [0.2, 0.25) is 0 Å². The number of H-pyrrole nitrogens is 1. The molecule has 6 unspecified atom stereocenters. The lowest BCUT2D eigenvalue weighted by Gasteiger charge is -2.38. The van der Waals surface area contributed by atoms with Crippen molar-refractivity contribution in [1.82, 2.24) is 59.7 Å². The fourth-order valence-electron chi connectivity index (χ4n) is 9.08. The summed E-state index contributed by atoms with van der Waals surface area (Å²) in [6.45, 7) is 15.4. The largest absolute Gasteiger partial charge is 1.00 e. The first-order valence-electron chi connectivity index (χ1n) is 26.4. The van der Waals surface area contributed by atoms with Gasteiger partial charge >= 0.3 is 0 Å². The van der Waals surface area contributed by atoms with Crippen LogP contribution in [-0.4, -0.2) is 177 Å². The predicted molar refractivity (Wildman–Crippen MR) is 283 cm³/mol. The van der Waals surface area contributed by atoms with Crippen LogP contribution >= 0.6 is 0 Å². The van der Waals surface area contributed by atoms with E-state index in [1.165, 1.54) is 0 Å². The van der Waals surface area contributed by atoms with Gasteiger partial charge in [-0.1, -0.05) is 75.1 Å². The fourth-order valence-corrected chi connectivity index (χ4v) is 9.08. The Kier molecular flexibility index (Phi) is 22.8. The van der Waals surface area contributed by atoms with E-state index in [0.29, 0.717) is 141 Å². The molecule has 24 heteroatoms. The van der Waals surface area contributed by atoms with Crippen molar-refractivity contribution in [3.8, 4) is 12.3 Å². The number of aromatic amines is 1. The van der Waals surface area contributed by atoms with E-state index in [0.717, 1.165) is 42.3 Å². The van der Waals surface area contributed by atoms with E-state index in [2.05, 4.69) is 86.5 Å². The normalized spacial score (nSPS) is 16.5. The summed E-state index contributed by atoms with van der Waals surface area (Å²) in [7, 11) is 0. The first-order chi connectivity index (χ1) is 36.0. The third kappa shape index (κ3) is 15.8. The second-order valence-electron chi connectivity index (χ2n) is 19.3. The number of halogens is 1. The summed E-state index contributed by atoms with van der Waals surface area (Å²) in [5.74, 6) is 4.12. The number of nitrogens with two attached hydrogens (primary N) is 3. The number of hydrogen-bond donors (Lipinski definition) is 5. The van der Waals surface area contributed by atoms with Crippen LogP contribution in [0.1, 0.15) is 101 Å². The summed E-state index contributed by atoms with van der Waals surface area (Å²) < 4.78 is 20.0. The van der Waals surface area contributed by atoms with Gasteiger partial charge in [-0.3, -0.25) is 9.59 Å². The highest BCUT2D eigenvalue weighted by Crippen LogP contribution is 2.28. The minimum atomic E-state index is -0.658. The molecule has 8 N–H and O–H groups in total. The number of terminal acetylenes is 1. The molecular weight excluding hydrogens is 980 g/mol. The number of hydrogen-bond acceptors (Lipinski definition) is 18. The van der Waals surface area contributed by atoms with E-state index in [-0.39, 0.29) is 54.7 Å². The van der Waals surface area contributed by atoms with Crippen LogP contribution in [0.15, 0.2) is 42.7 Å². The second-order valence-corrected chi connectivity index (χ2v) is 19.3. The highest BCUT2D eigenvalue weighted by atomic mass is 35.5. The molecule has 0 aliphatic carbocycles. The van der Waals surface area contributed by atoms with Gasteiger partial charge in [0.05, 0.1) is 68.9 Å². The van der Waals surface area contributed by atoms with Crippen molar-refractivity contribution < 1.29 is 36.2 Å². The second kappa shape index (κ2) is 29.3. The quantitative estimate of drug-likeness (QED) is 0.0308. The number of benzene rings is 1. The van der Waals surface area contributed by atoms with Crippen molar-refractivity contribution in [3.63, 3.8) is 0 Å². The van der Waals surface area contributed by atoms with Gasteiger partial charge < -0.3 is 73.7 Å². The van der Waals surface area contributed by atoms with Gasteiger partial charge in [0.2, 0.25) is 29.7 Å². The summed E-state index contributed by atoms with van der Waals surface area (Å²) in [6.07, 6.45) is 13.2. The lowest BCUT2D eigenvalue weighted by Crippen LogP contribution is -3.00. The van der Waals surface area contributed by atoms with Gasteiger partial charge in [-0.25, -0.2) is 9.36 Å². The van der Waals surface area contributed by atoms with E-state index in [4.69, 9.17) is 52.8 Å². The first-order valence-corrected chi connectivity index (χ1v) is 26.4. The summed E-state index contributed by atoms with van der Waals surface area (Å²) in [5.41, 5.74) is 22.2. The zero-order valence-electron chi connectivity index (χ0n) is 44.1. The van der Waals surface area contributed by atoms with Crippen molar-refractivity contribution in [2.45, 2.75) is 90.4 Å². The van der Waals surface area contributed by atoms with Crippen LogP contribution < -0.4 is 44.7 Å². The molecule has 2 aliphatic rings. The van der Waals surface area contributed by atoms with Gasteiger partial charge in [-0.15, -0.1) is 16.6 Å². The zero-order chi connectivity index (χ0) is 52.4. The fraction of sp³-hybridized carbons (Fsp3) is 0.627. The van der Waals surface area contributed by atoms with Gasteiger partial charge in [0, 0.05) is 76.5 Å². The summed E-state index contributed by atoms with van der Waals surface area (Å²) in [5, 5.41) is 22.1. The molecule has 2 saturated heterocycles. The number of fused-ring (bicyclic) bond motifs is 1. The third-order valence-corrected chi connectivity index (χ3v) is 14.2. The van der Waals surface area contributed by atoms with Gasteiger partial charge in [-0.05, 0) is 55.2 Å². The smallest absolute Gasteiger partial charge is 0.248 e. The Morgan fingerprint density at radius 2 is 1.28 bits per heavy atom. The molecule has 2 aliphatic heterocycles. The van der Waals surface area contributed by atoms with Gasteiger partial charge in [-0.2, -0.15) is 15.0 Å². The van der Waals surface area contributed by atoms with Crippen molar-refractivity contribution in [3.05, 3.63) is 59.8 Å². The molecule has 5 aromatic rings. The number of anilines is 3. The number of ether oxygens (including phenoxy) is 3. The molecule has 2 amide bonds. The van der Waals surface area contributed by atoms with Crippen molar-refractivity contribution in [2.24, 2.45) is 29.0 Å². The molecule has 0 bridgehead atoms. The molecule has 6 heterocycles. The highest BCUT2D eigenvalue weighted by molar-refractivity contribution is 5.83. The molecule has 23 nitrogen and oxygen atoms in total. The molecule has 0 saturated carbocycles. The number of amides is 2. The average Bonchev–Trinajstić information content (AvgIpc) is 4.23. The molecule has 410 valence electrons. The van der Waals surface area contributed by atoms with Crippen LogP contribution in [0.25, 0.3) is 10.9 Å². The number of aromatic nitrogens is 10. The number of nitrogens with one attached hydrogen (secondary N) is 2. The lowest BCUT2D eigenvalue weighted by atomic mass is 9.98. The van der Waals surface area contributed by atoms with Crippen LogP contribution in [0.3, 0.4) is 0 Å². The van der Waals surface area contributed by atoms with Crippen LogP contribution in [0.5, 0.6) is 0 Å². The van der Waals surface area contributed by atoms with Crippen molar-refractivity contribution in [1.29, 1.82) is 0 Å². The van der Waals surface area contributed by atoms with E-state index in [9.17, 15) is 9.59 Å². The van der Waals surface area contributed by atoms with E-state index < -0.39 is 12.1 Å². The Hall–Kier alpha value is -6.00. The number of unbranched alkanes of at least 4 members (excludes halogenated alkanes) is 1. The summed E-state index contributed by atoms with van der Waals surface area (Å²) in [4.78, 5) is 55.2. The number of carbonyl (C=O) groups excluding carboxylic acids is 2. The Balaban J connectivity index is 0.00000914. The molecule has 75 heavy (non-hydrogen) atoms. The maximum absolute atomic E-state index is 14.7. The molecular formula is C51H78ClN18O5-. The number of nitrogens with zero attached hydrogens (tertiary/aromatic N) is 13. The van der Waals surface area contributed by atoms with E-state index in [1.54, 1.807) is 9.36 Å². The molecule has 0 radical (unpaired) electrons. The Morgan fingerprint density at radius 1 is 0.747 bits per heavy atom. The van der Waals surface area contributed by atoms with E-state index >= 15 is 0 Å². The molecule has 6 atom stereocenters. The van der Waals surface area contributed by atoms with Gasteiger partial charge in [0.15, 0.2) is 0 Å². The predicted octanol–water partition coefficient (Wildman–Crippen LogP) is -0.122. The maximum atomic E-state index is 14.7. The lowest BCUT2D eigenvalue weighted by molar-refractivity contribution is -0.136. The molecule has 4 aromatic heterocycles.